The van der Waals surface area contributed by atoms with Crippen molar-refractivity contribution in [2.45, 2.75) is 33.6 Å². The minimum atomic E-state index is 0.667. The van der Waals surface area contributed by atoms with Crippen molar-refractivity contribution in [3.05, 3.63) is 11.6 Å². The molecule has 1 aliphatic heterocycles. The molecule has 0 bridgehead atoms. The van der Waals surface area contributed by atoms with Crippen LogP contribution in [0.15, 0.2) is 11.6 Å². The van der Waals surface area contributed by atoms with Gasteiger partial charge < -0.3 is 10.1 Å². The minimum Gasteiger partial charge on any atom is -0.381 e. The molecule has 1 aliphatic rings. The Labute approximate surface area is 94.1 Å². The molecule has 0 aromatic carbocycles. The maximum absolute atomic E-state index is 5.38. The Balaban J connectivity index is 2.27. The van der Waals surface area contributed by atoms with Crippen molar-refractivity contribution < 1.29 is 4.74 Å². The van der Waals surface area contributed by atoms with Gasteiger partial charge in [-0.2, -0.15) is 0 Å². The van der Waals surface area contributed by atoms with E-state index in [9.17, 15) is 0 Å². The standard InChI is InChI=1S/C13H25NO/c1-4-12(9-14-8-11(2)3)7-13-5-6-15-10-13/h7,11,13-14H,4-6,8-10H2,1-3H3/b12-7-. The van der Waals surface area contributed by atoms with Gasteiger partial charge in [-0.05, 0) is 25.3 Å². The molecule has 1 heterocycles. The van der Waals surface area contributed by atoms with Gasteiger partial charge in [-0.15, -0.1) is 0 Å². The molecule has 1 atom stereocenters. The van der Waals surface area contributed by atoms with Crippen molar-refractivity contribution >= 4 is 0 Å². The predicted octanol–water partition coefficient (Wildman–Crippen LogP) is 2.60. The molecule has 0 aliphatic carbocycles. The van der Waals surface area contributed by atoms with E-state index >= 15 is 0 Å². The predicted molar refractivity (Wildman–Crippen MR) is 65.0 cm³/mol. The zero-order valence-electron chi connectivity index (χ0n) is 10.4. The van der Waals surface area contributed by atoms with Crippen LogP contribution in [-0.2, 0) is 4.74 Å². The lowest BCUT2D eigenvalue weighted by Gasteiger charge is -2.11. The first-order chi connectivity index (χ1) is 7.22. The van der Waals surface area contributed by atoms with Gasteiger partial charge in [-0.1, -0.05) is 32.4 Å². The highest BCUT2D eigenvalue weighted by molar-refractivity contribution is 5.06. The fourth-order valence-electron chi connectivity index (χ4n) is 1.84. The van der Waals surface area contributed by atoms with E-state index in [0.29, 0.717) is 5.92 Å². The molecule has 2 heteroatoms. The molecule has 0 saturated carbocycles. The molecule has 0 aromatic heterocycles. The summed E-state index contributed by atoms with van der Waals surface area (Å²) in [6.07, 6.45) is 4.77. The fourth-order valence-corrected chi connectivity index (χ4v) is 1.84. The first kappa shape index (κ1) is 12.7. The van der Waals surface area contributed by atoms with Crippen LogP contribution < -0.4 is 5.32 Å². The van der Waals surface area contributed by atoms with Crippen LogP contribution in [-0.4, -0.2) is 26.3 Å². The molecule has 15 heavy (non-hydrogen) atoms. The van der Waals surface area contributed by atoms with E-state index in [1.165, 1.54) is 12.0 Å². The summed E-state index contributed by atoms with van der Waals surface area (Å²) < 4.78 is 5.38. The van der Waals surface area contributed by atoms with Crippen LogP contribution in [0.3, 0.4) is 0 Å². The lowest BCUT2D eigenvalue weighted by Crippen LogP contribution is -2.22. The Morgan fingerprint density at radius 2 is 2.33 bits per heavy atom. The third-order valence-corrected chi connectivity index (χ3v) is 2.80. The smallest absolute Gasteiger partial charge is 0.0529 e. The SMILES string of the molecule is CC/C(=C/C1CCOC1)CNCC(C)C. The quantitative estimate of drug-likeness (QED) is 0.682. The largest absolute Gasteiger partial charge is 0.381 e. The summed E-state index contributed by atoms with van der Waals surface area (Å²) >= 11 is 0. The summed E-state index contributed by atoms with van der Waals surface area (Å²) in [5.74, 6) is 1.40. The van der Waals surface area contributed by atoms with Gasteiger partial charge in [0.2, 0.25) is 0 Å². The van der Waals surface area contributed by atoms with Crippen molar-refractivity contribution in [1.29, 1.82) is 0 Å². The van der Waals surface area contributed by atoms with Crippen LogP contribution in [0.25, 0.3) is 0 Å². The van der Waals surface area contributed by atoms with Gasteiger partial charge in [0.15, 0.2) is 0 Å². The third kappa shape index (κ3) is 5.33. The van der Waals surface area contributed by atoms with E-state index in [2.05, 4.69) is 32.2 Å². The van der Waals surface area contributed by atoms with Crippen molar-refractivity contribution in [3.63, 3.8) is 0 Å². The second kappa shape index (κ2) is 7.02. The average Bonchev–Trinajstić information content (AvgIpc) is 2.68. The molecule has 0 aromatic rings. The summed E-state index contributed by atoms with van der Waals surface area (Å²) in [6.45, 7) is 10.7. The number of nitrogens with one attached hydrogen (secondary N) is 1. The van der Waals surface area contributed by atoms with E-state index < -0.39 is 0 Å². The maximum Gasteiger partial charge on any atom is 0.0529 e. The van der Waals surface area contributed by atoms with Crippen LogP contribution in [0, 0.1) is 11.8 Å². The van der Waals surface area contributed by atoms with Gasteiger partial charge in [-0.25, -0.2) is 0 Å². The fraction of sp³-hybridized carbons (Fsp3) is 0.846. The number of rotatable bonds is 6. The second-order valence-corrected chi connectivity index (χ2v) is 4.83. The molecular formula is C13H25NO. The van der Waals surface area contributed by atoms with Crippen LogP contribution in [0.2, 0.25) is 0 Å². The summed E-state index contributed by atoms with van der Waals surface area (Å²) in [7, 11) is 0. The highest BCUT2D eigenvalue weighted by atomic mass is 16.5. The molecule has 1 rings (SSSR count). The average molecular weight is 211 g/mol. The molecule has 0 radical (unpaired) electrons. The van der Waals surface area contributed by atoms with Crippen LogP contribution in [0.4, 0.5) is 0 Å². The Morgan fingerprint density at radius 1 is 1.53 bits per heavy atom. The van der Waals surface area contributed by atoms with Crippen molar-refractivity contribution in [3.8, 4) is 0 Å². The van der Waals surface area contributed by atoms with Crippen molar-refractivity contribution in [2.75, 3.05) is 26.3 Å². The lowest BCUT2D eigenvalue weighted by atomic mass is 10.0. The van der Waals surface area contributed by atoms with Crippen molar-refractivity contribution in [2.24, 2.45) is 11.8 Å². The molecule has 2 nitrogen and oxygen atoms in total. The van der Waals surface area contributed by atoms with Crippen LogP contribution >= 0.6 is 0 Å². The second-order valence-electron chi connectivity index (χ2n) is 4.83. The van der Waals surface area contributed by atoms with Gasteiger partial charge in [0.1, 0.15) is 0 Å². The first-order valence-electron chi connectivity index (χ1n) is 6.20. The summed E-state index contributed by atoms with van der Waals surface area (Å²) in [4.78, 5) is 0. The molecule has 1 saturated heterocycles. The highest BCUT2D eigenvalue weighted by Crippen LogP contribution is 2.16. The van der Waals surface area contributed by atoms with Gasteiger partial charge in [0.05, 0.1) is 6.61 Å². The Bertz CT molecular complexity index is 193. The van der Waals surface area contributed by atoms with Crippen molar-refractivity contribution in [1.82, 2.24) is 5.32 Å². The number of hydrogen-bond acceptors (Lipinski definition) is 2. The summed E-state index contributed by atoms with van der Waals surface area (Å²) in [5, 5.41) is 3.50. The van der Waals surface area contributed by atoms with E-state index in [1.54, 1.807) is 0 Å². The third-order valence-electron chi connectivity index (χ3n) is 2.80. The number of hydrogen-bond donors (Lipinski definition) is 1. The van der Waals surface area contributed by atoms with Crippen LogP contribution in [0.5, 0.6) is 0 Å². The highest BCUT2D eigenvalue weighted by Gasteiger charge is 2.13. The molecule has 1 fully saturated rings. The van der Waals surface area contributed by atoms with E-state index in [1.807, 2.05) is 0 Å². The molecule has 1 unspecified atom stereocenters. The van der Waals surface area contributed by atoms with E-state index in [-0.39, 0.29) is 0 Å². The molecule has 0 spiro atoms. The Morgan fingerprint density at radius 3 is 2.87 bits per heavy atom. The van der Waals surface area contributed by atoms with Crippen LogP contribution in [0.1, 0.15) is 33.6 Å². The molecular weight excluding hydrogens is 186 g/mol. The molecule has 1 N–H and O–H groups in total. The summed E-state index contributed by atoms with van der Waals surface area (Å²) in [5.41, 5.74) is 1.53. The maximum atomic E-state index is 5.38. The lowest BCUT2D eigenvalue weighted by molar-refractivity contribution is 0.191. The topological polar surface area (TPSA) is 21.3 Å². The summed E-state index contributed by atoms with van der Waals surface area (Å²) in [6, 6.07) is 0. The monoisotopic (exact) mass is 211 g/mol. The van der Waals surface area contributed by atoms with E-state index in [0.717, 1.165) is 38.6 Å². The van der Waals surface area contributed by atoms with E-state index in [4.69, 9.17) is 4.74 Å². The number of ether oxygens (including phenoxy) is 1. The molecule has 88 valence electrons. The zero-order valence-corrected chi connectivity index (χ0v) is 10.4. The van der Waals surface area contributed by atoms with Gasteiger partial charge in [0.25, 0.3) is 0 Å². The van der Waals surface area contributed by atoms with Gasteiger partial charge >= 0.3 is 0 Å². The molecule has 0 amide bonds. The normalized spacial score (nSPS) is 22.7. The van der Waals surface area contributed by atoms with Gasteiger partial charge in [0, 0.05) is 19.1 Å². The zero-order chi connectivity index (χ0) is 11.1. The Hall–Kier alpha value is -0.340. The van der Waals surface area contributed by atoms with Gasteiger partial charge in [-0.3, -0.25) is 0 Å². The minimum absolute atomic E-state index is 0.667. The first-order valence-corrected chi connectivity index (χ1v) is 6.20. The Kier molecular flexibility index (Phi) is 5.96.